The first-order chi connectivity index (χ1) is 31.0. The van der Waals surface area contributed by atoms with E-state index in [1.54, 1.807) is 0 Å². The average Bonchev–Trinajstić information content (AvgIpc) is 3.96. The zero-order valence-corrected chi connectivity index (χ0v) is 35.9. The minimum absolute atomic E-state index is 0.905. The molecule has 0 spiro atoms. The van der Waals surface area contributed by atoms with E-state index < -0.39 is 0 Å². The van der Waals surface area contributed by atoms with Gasteiger partial charge in [-0.15, -0.1) is 0 Å². The Kier molecular flexibility index (Phi) is 9.39. The lowest BCUT2D eigenvalue weighted by atomic mass is 9.98. The van der Waals surface area contributed by atoms with Crippen molar-refractivity contribution in [3.05, 3.63) is 218 Å². The van der Waals surface area contributed by atoms with Gasteiger partial charge < -0.3 is 13.7 Å². The maximum Gasteiger partial charge on any atom is 0.0541 e. The van der Waals surface area contributed by atoms with Crippen molar-refractivity contribution in [2.24, 2.45) is 0 Å². The Labute approximate surface area is 368 Å². The van der Waals surface area contributed by atoms with E-state index in [-0.39, 0.29) is 0 Å². The molecule has 0 aliphatic carbocycles. The van der Waals surface area contributed by atoms with Gasteiger partial charge in [0.05, 0.1) is 27.6 Å². The summed E-state index contributed by atoms with van der Waals surface area (Å²) in [4.78, 5) is 0. The number of aromatic nitrogens is 3. The molecular formula is C60H47N3. The van der Waals surface area contributed by atoms with Gasteiger partial charge in [-0.1, -0.05) is 135 Å². The van der Waals surface area contributed by atoms with Crippen LogP contribution in [0.2, 0.25) is 0 Å². The van der Waals surface area contributed by atoms with Gasteiger partial charge in [-0.3, -0.25) is 0 Å². The zero-order valence-electron chi connectivity index (χ0n) is 35.9. The Morgan fingerprint density at radius 2 is 0.873 bits per heavy atom. The van der Waals surface area contributed by atoms with Crippen molar-refractivity contribution < 1.29 is 0 Å². The molecule has 8 aromatic carbocycles. The Bertz CT molecular complexity index is 3610. The molecule has 0 bridgehead atoms. The molecule has 0 atom stereocenters. The molecule has 0 fully saturated rings. The second-order valence-electron chi connectivity index (χ2n) is 16.4. The lowest BCUT2D eigenvalue weighted by Gasteiger charge is -2.11. The molecule has 0 saturated heterocycles. The maximum absolute atomic E-state index is 4.46. The van der Waals surface area contributed by atoms with Crippen molar-refractivity contribution in [2.45, 2.75) is 27.2 Å². The van der Waals surface area contributed by atoms with E-state index >= 15 is 0 Å². The third kappa shape index (κ3) is 6.27. The quantitative estimate of drug-likeness (QED) is 0.129. The molecule has 0 saturated carbocycles. The molecule has 0 aliphatic rings. The van der Waals surface area contributed by atoms with Gasteiger partial charge in [0.25, 0.3) is 0 Å². The number of rotatable bonds is 9. The van der Waals surface area contributed by atoms with Crippen molar-refractivity contribution in [1.82, 2.24) is 13.7 Å². The summed E-state index contributed by atoms with van der Waals surface area (Å²) >= 11 is 0. The van der Waals surface area contributed by atoms with Gasteiger partial charge in [0, 0.05) is 55.3 Å². The minimum atomic E-state index is 0.905. The van der Waals surface area contributed by atoms with Crippen molar-refractivity contribution >= 4 is 66.3 Å². The molecule has 0 aliphatic heterocycles. The van der Waals surface area contributed by atoms with Crippen LogP contribution in [0, 0.1) is 0 Å². The summed E-state index contributed by atoms with van der Waals surface area (Å²) in [7, 11) is 0. The summed E-state index contributed by atoms with van der Waals surface area (Å²) in [5, 5.41) is 6.18. The minimum Gasteiger partial charge on any atom is -0.314 e. The molecule has 3 heteroatoms. The van der Waals surface area contributed by atoms with Crippen LogP contribution in [0.1, 0.15) is 32.0 Å². The molecule has 3 heterocycles. The van der Waals surface area contributed by atoms with E-state index in [0.29, 0.717) is 0 Å². The van der Waals surface area contributed by atoms with Crippen LogP contribution in [0.3, 0.4) is 0 Å². The fraction of sp³-hybridized carbons (Fsp3) is 0.0667. The molecule has 11 aromatic rings. The lowest BCUT2D eigenvalue weighted by Crippen LogP contribution is -1.99. The second-order valence-corrected chi connectivity index (χ2v) is 16.4. The number of nitrogens with zero attached hydrogens (tertiary/aromatic N) is 3. The van der Waals surface area contributed by atoms with E-state index in [0.717, 1.165) is 23.5 Å². The van der Waals surface area contributed by atoms with E-state index in [4.69, 9.17) is 0 Å². The number of benzene rings is 8. The fourth-order valence-corrected chi connectivity index (χ4v) is 9.95. The molecular weight excluding hydrogens is 763 g/mol. The highest BCUT2D eigenvalue weighted by atomic mass is 15.0. The van der Waals surface area contributed by atoms with Crippen molar-refractivity contribution in [1.29, 1.82) is 0 Å². The van der Waals surface area contributed by atoms with Crippen LogP contribution in [0.4, 0.5) is 0 Å². The SMILES string of the molecule is C=C(/C=C\C)n1c(CC)c(/C=C\C)c2cc(-c3ccc4c(c3)c3cc(-c5ccc6c(c5)c5ccccc5n6-c5ccccc5)ccc3n4-c3ccc(-c4ccccc4)cc3)ccc21. The summed E-state index contributed by atoms with van der Waals surface area (Å²) in [6, 6.07) is 66.9. The van der Waals surface area contributed by atoms with E-state index in [9.17, 15) is 0 Å². The van der Waals surface area contributed by atoms with E-state index in [2.05, 4.69) is 240 Å². The molecule has 11 rings (SSSR count). The van der Waals surface area contributed by atoms with Crippen LogP contribution in [0.15, 0.2) is 207 Å². The normalized spacial score (nSPS) is 12.0. The van der Waals surface area contributed by atoms with Crippen molar-refractivity contribution in [2.75, 3.05) is 0 Å². The summed E-state index contributed by atoms with van der Waals surface area (Å²) in [6.45, 7) is 10.8. The first-order valence-corrected chi connectivity index (χ1v) is 22.0. The Hall–Kier alpha value is -7.88. The largest absolute Gasteiger partial charge is 0.314 e. The van der Waals surface area contributed by atoms with Gasteiger partial charge in [-0.25, -0.2) is 0 Å². The number of hydrogen-bond donors (Lipinski definition) is 0. The Morgan fingerprint density at radius 1 is 0.429 bits per heavy atom. The van der Waals surface area contributed by atoms with Gasteiger partial charge >= 0.3 is 0 Å². The highest BCUT2D eigenvalue weighted by molar-refractivity contribution is 6.13. The van der Waals surface area contributed by atoms with Gasteiger partial charge in [-0.2, -0.15) is 0 Å². The molecule has 63 heavy (non-hydrogen) atoms. The second kappa shape index (κ2) is 15.5. The molecule has 0 radical (unpaired) electrons. The molecule has 302 valence electrons. The number of allylic oxidation sites excluding steroid dienone is 4. The first-order valence-electron chi connectivity index (χ1n) is 22.0. The Balaban J connectivity index is 1.10. The van der Waals surface area contributed by atoms with Crippen LogP contribution < -0.4 is 0 Å². The number of fused-ring (bicyclic) bond motifs is 7. The summed E-state index contributed by atoms with van der Waals surface area (Å²) in [5.41, 5.74) is 18.9. The smallest absolute Gasteiger partial charge is 0.0541 e. The number of para-hydroxylation sites is 2. The predicted molar refractivity (Wildman–Crippen MR) is 271 cm³/mol. The average molecular weight is 810 g/mol. The van der Waals surface area contributed by atoms with E-state index in [1.165, 1.54) is 99.2 Å². The fourth-order valence-electron chi connectivity index (χ4n) is 9.95. The molecule has 0 unspecified atom stereocenters. The van der Waals surface area contributed by atoms with Gasteiger partial charge in [0.2, 0.25) is 0 Å². The van der Waals surface area contributed by atoms with Gasteiger partial charge in [0.15, 0.2) is 0 Å². The first kappa shape index (κ1) is 38.1. The number of hydrogen-bond acceptors (Lipinski definition) is 0. The van der Waals surface area contributed by atoms with Crippen molar-refractivity contribution in [3.63, 3.8) is 0 Å². The monoisotopic (exact) mass is 809 g/mol. The van der Waals surface area contributed by atoms with Crippen LogP contribution in [0.25, 0.3) is 111 Å². The molecule has 0 N–H and O–H groups in total. The summed E-state index contributed by atoms with van der Waals surface area (Å²) < 4.78 is 7.13. The van der Waals surface area contributed by atoms with Crippen LogP contribution >= 0.6 is 0 Å². The molecule has 0 amide bonds. The van der Waals surface area contributed by atoms with Crippen LogP contribution in [-0.4, -0.2) is 13.7 Å². The Morgan fingerprint density at radius 3 is 1.43 bits per heavy atom. The summed E-state index contributed by atoms with van der Waals surface area (Å²) in [5.74, 6) is 0. The van der Waals surface area contributed by atoms with Crippen LogP contribution in [0.5, 0.6) is 0 Å². The molecule has 3 aromatic heterocycles. The topological polar surface area (TPSA) is 14.8 Å². The van der Waals surface area contributed by atoms with Crippen molar-refractivity contribution in [3.8, 4) is 44.8 Å². The highest BCUT2D eigenvalue weighted by Crippen LogP contribution is 2.41. The predicted octanol–water partition coefficient (Wildman–Crippen LogP) is 16.5. The summed E-state index contributed by atoms with van der Waals surface area (Å²) in [6.07, 6.45) is 9.47. The van der Waals surface area contributed by atoms with E-state index in [1.807, 2.05) is 6.92 Å². The molecule has 3 nitrogen and oxygen atoms in total. The highest BCUT2D eigenvalue weighted by Gasteiger charge is 2.19. The van der Waals surface area contributed by atoms with Gasteiger partial charge in [0.1, 0.15) is 0 Å². The standard InChI is InChI=1S/C60H47N3/c1-5-16-40(4)61-55(7-3)49(17-6-2)51-36-43(26-32-57(51)61)45-28-34-59-53(38-45)54-39-46(29-35-60(54)63(59)48-30-24-42(25-31-48)41-18-10-8-11-19-41)44-27-33-58-52(37-44)50-22-14-15-23-56(50)62(58)47-20-12-9-13-21-47/h5-6,8-39H,4,7H2,1-3H3/b16-5-,17-6-. The zero-order chi connectivity index (χ0) is 42.6. The lowest BCUT2D eigenvalue weighted by molar-refractivity contribution is 0.980. The third-order valence-corrected chi connectivity index (χ3v) is 12.8. The third-order valence-electron chi connectivity index (χ3n) is 12.8. The van der Waals surface area contributed by atoms with Crippen LogP contribution in [-0.2, 0) is 6.42 Å². The van der Waals surface area contributed by atoms with Gasteiger partial charge in [-0.05, 0) is 139 Å². The maximum atomic E-state index is 4.46.